The summed E-state index contributed by atoms with van der Waals surface area (Å²) in [6, 6.07) is 9.52. The minimum Gasteiger partial charge on any atom is -0.324 e. The molecule has 1 amide bonds. The van der Waals surface area contributed by atoms with Gasteiger partial charge in [-0.3, -0.25) is 9.69 Å². The quantitative estimate of drug-likeness (QED) is 0.925. The first-order chi connectivity index (χ1) is 10.0. The lowest BCUT2D eigenvalue weighted by Crippen LogP contribution is -2.46. The van der Waals surface area contributed by atoms with Crippen LogP contribution in [0, 0.1) is 17.2 Å². The summed E-state index contributed by atoms with van der Waals surface area (Å²) in [5.74, 6) is 0.513. The van der Waals surface area contributed by atoms with Gasteiger partial charge in [0.2, 0.25) is 5.91 Å². The largest absolute Gasteiger partial charge is 0.324 e. The van der Waals surface area contributed by atoms with Crippen LogP contribution in [0.5, 0.6) is 0 Å². The number of likely N-dealkylation sites (tertiary alicyclic amines) is 1. The molecule has 1 aromatic rings. The molecule has 0 spiro atoms. The number of hydrogen-bond acceptors (Lipinski definition) is 3. The molecule has 1 fully saturated rings. The number of carbonyl (C=O) groups is 1. The molecule has 1 N–H and O–H groups in total. The molecule has 0 radical (unpaired) electrons. The lowest BCUT2D eigenvalue weighted by molar-refractivity contribution is -0.121. The van der Waals surface area contributed by atoms with Crippen LogP contribution < -0.4 is 5.32 Å². The van der Waals surface area contributed by atoms with Gasteiger partial charge in [-0.05, 0) is 44.4 Å². The van der Waals surface area contributed by atoms with Gasteiger partial charge in [-0.2, -0.15) is 5.26 Å². The van der Waals surface area contributed by atoms with Gasteiger partial charge in [0, 0.05) is 6.04 Å². The van der Waals surface area contributed by atoms with Crippen LogP contribution in [-0.2, 0) is 4.79 Å². The zero-order chi connectivity index (χ0) is 15.4. The van der Waals surface area contributed by atoms with Crippen molar-refractivity contribution in [3.05, 3.63) is 29.8 Å². The van der Waals surface area contributed by atoms with E-state index in [1.54, 1.807) is 18.2 Å². The normalized spacial score (nSPS) is 20.2. The molecule has 4 nitrogen and oxygen atoms in total. The Hall–Kier alpha value is -1.86. The number of rotatable bonds is 4. The van der Waals surface area contributed by atoms with Crippen LogP contribution in [0.2, 0.25) is 0 Å². The summed E-state index contributed by atoms with van der Waals surface area (Å²) < 4.78 is 0. The summed E-state index contributed by atoms with van der Waals surface area (Å²) in [5.41, 5.74) is 1.09. The van der Waals surface area contributed by atoms with Crippen LogP contribution in [0.3, 0.4) is 0 Å². The second-order valence-corrected chi connectivity index (χ2v) is 6.01. The molecule has 112 valence electrons. The van der Waals surface area contributed by atoms with Crippen molar-refractivity contribution >= 4 is 11.6 Å². The van der Waals surface area contributed by atoms with Crippen LogP contribution in [0.15, 0.2) is 24.3 Å². The summed E-state index contributed by atoms with van der Waals surface area (Å²) in [6.45, 7) is 7.33. The van der Waals surface area contributed by atoms with E-state index in [0.29, 0.717) is 23.2 Å². The lowest BCUT2D eigenvalue weighted by Gasteiger charge is -2.32. The van der Waals surface area contributed by atoms with Crippen molar-refractivity contribution in [1.82, 2.24) is 4.90 Å². The summed E-state index contributed by atoms with van der Waals surface area (Å²) in [6.07, 6.45) is 2.30. The average molecular weight is 285 g/mol. The van der Waals surface area contributed by atoms with Gasteiger partial charge in [-0.15, -0.1) is 0 Å². The Morgan fingerprint density at radius 3 is 2.76 bits per heavy atom. The number of amides is 1. The Labute approximate surface area is 126 Å². The van der Waals surface area contributed by atoms with E-state index in [9.17, 15) is 4.79 Å². The lowest BCUT2D eigenvalue weighted by atomic mass is 10.0. The van der Waals surface area contributed by atoms with Crippen molar-refractivity contribution in [2.45, 2.75) is 45.7 Å². The first-order valence-electron chi connectivity index (χ1n) is 7.60. The highest BCUT2D eigenvalue weighted by Crippen LogP contribution is 2.26. The van der Waals surface area contributed by atoms with Crippen molar-refractivity contribution in [1.29, 1.82) is 5.26 Å². The summed E-state index contributed by atoms with van der Waals surface area (Å²) in [7, 11) is 0. The van der Waals surface area contributed by atoms with E-state index in [4.69, 9.17) is 5.26 Å². The molecule has 0 aliphatic carbocycles. The minimum absolute atomic E-state index is 0.0368. The summed E-state index contributed by atoms with van der Waals surface area (Å²) >= 11 is 0. The Morgan fingerprint density at radius 1 is 1.38 bits per heavy atom. The maximum Gasteiger partial charge on any atom is 0.241 e. The molecule has 0 aromatic heterocycles. The number of anilines is 1. The van der Waals surface area contributed by atoms with E-state index in [1.165, 1.54) is 0 Å². The maximum absolute atomic E-state index is 12.5. The molecule has 0 saturated carbocycles. The number of nitrogens with zero attached hydrogens (tertiary/aromatic N) is 2. The fourth-order valence-corrected chi connectivity index (χ4v) is 3.09. The molecule has 21 heavy (non-hydrogen) atoms. The SMILES string of the molecule is CC(C)C1CCCN1C(C)C(=O)Nc1ccccc1C#N. The van der Waals surface area contributed by atoms with Gasteiger partial charge in [-0.1, -0.05) is 26.0 Å². The summed E-state index contributed by atoms with van der Waals surface area (Å²) in [5, 5.41) is 12.0. The molecule has 1 heterocycles. The number of carbonyl (C=O) groups excluding carboxylic acids is 1. The Morgan fingerprint density at radius 2 is 2.10 bits per heavy atom. The van der Waals surface area contributed by atoms with Gasteiger partial charge in [0.15, 0.2) is 0 Å². The molecule has 1 aromatic carbocycles. The Bertz CT molecular complexity index is 547. The number of nitrogens with one attached hydrogen (secondary N) is 1. The fourth-order valence-electron chi connectivity index (χ4n) is 3.09. The monoisotopic (exact) mass is 285 g/mol. The van der Waals surface area contributed by atoms with Crippen LogP contribution in [0.25, 0.3) is 0 Å². The van der Waals surface area contributed by atoms with Gasteiger partial charge >= 0.3 is 0 Å². The predicted octanol–water partition coefficient (Wildman–Crippen LogP) is 3.01. The third kappa shape index (κ3) is 3.43. The molecule has 2 atom stereocenters. The van der Waals surface area contributed by atoms with Gasteiger partial charge in [0.1, 0.15) is 6.07 Å². The molecule has 4 heteroatoms. The topological polar surface area (TPSA) is 56.1 Å². The van der Waals surface area contributed by atoms with Crippen LogP contribution in [-0.4, -0.2) is 29.4 Å². The third-order valence-corrected chi connectivity index (χ3v) is 4.29. The Balaban J connectivity index is 2.08. The minimum atomic E-state index is -0.174. The van der Waals surface area contributed by atoms with Crippen LogP contribution >= 0.6 is 0 Å². The average Bonchev–Trinajstić information content (AvgIpc) is 2.96. The number of benzene rings is 1. The molecular weight excluding hydrogens is 262 g/mol. The van der Waals surface area contributed by atoms with Crippen molar-refractivity contribution in [2.24, 2.45) is 5.92 Å². The van der Waals surface area contributed by atoms with Gasteiger partial charge in [0.05, 0.1) is 17.3 Å². The van der Waals surface area contributed by atoms with E-state index < -0.39 is 0 Å². The van der Waals surface area contributed by atoms with Crippen molar-refractivity contribution < 1.29 is 4.79 Å². The number of para-hydroxylation sites is 1. The number of hydrogen-bond donors (Lipinski definition) is 1. The maximum atomic E-state index is 12.5. The van der Waals surface area contributed by atoms with Crippen LogP contribution in [0.4, 0.5) is 5.69 Å². The second kappa shape index (κ2) is 6.73. The molecule has 0 bridgehead atoms. The molecule has 1 saturated heterocycles. The molecule has 1 aliphatic rings. The van der Waals surface area contributed by atoms with E-state index in [2.05, 4.69) is 30.1 Å². The van der Waals surface area contributed by atoms with Crippen molar-refractivity contribution in [3.63, 3.8) is 0 Å². The fraction of sp³-hybridized carbons (Fsp3) is 0.529. The number of nitriles is 1. The third-order valence-electron chi connectivity index (χ3n) is 4.29. The highest BCUT2D eigenvalue weighted by atomic mass is 16.2. The van der Waals surface area contributed by atoms with E-state index >= 15 is 0 Å². The second-order valence-electron chi connectivity index (χ2n) is 6.01. The smallest absolute Gasteiger partial charge is 0.241 e. The van der Waals surface area contributed by atoms with E-state index in [0.717, 1.165) is 19.4 Å². The van der Waals surface area contributed by atoms with Crippen molar-refractivity contribution in [3.8, 4) is 6.07 Å². The first-order valence-corrected chi connectivity index (χ1v) is 7.60. The zero-order valence-electron chi connectivity index (χ0n) is 13.0. The summed E-state index contributed by atoms with van der Waals surface area (Å²) in [4.78, 5) is 14.8. The van der Waals surface area contributed by atoms with Gasteiger partial charge in [-0.25, -0.2) is 0 Å². The predicted molar refractivity (Wildman–Crippen MR) is 83.8 cm³/mol. The van der Waals surface area contributed by atoms with E-state index in [-0.39, 0.29) is 11.9 Å². The molecular formula is C17H23N3O. The van der Waals surface area contributed by atoms with Crippen LogP contribution in [0.1, 0.15) is 39.2 Å². The highest BCUT2D eigenvalue weighted by Gasteiger charge is 2.33. The highest BCUT2D eigenvalue weighted by molar-refractivity contribution is 5.95. The van der Waals surface area contributed by atoms with Gasteiger partial charge in [0.25, 0.3) is 0 Å². The van der Waals surface area contributed by atoms with Gasteiger partial charge < -0.3 is 5.32 Å². The standard InChI is InChI=1S/C17H23N3O/c1-12(2)16-9-6-10-20(16)13(3)17(21)19-15-8-5-4-7-14(15)11-18/h4-5,7-8,12-13,16H,6,9-10H2,1-3H3,(H,19,21). The van der Waals surface area contributed by atoms with E-state index in [1.807, 2.05) is 13.0 Å². The Kier molecular flexibility index (Phi) is 4.98. The first kappa shape index (κ1) is 15.5. The zero-order valence-corrected chi connectivity index (χ0v) is 13.0. The molecule has 2 unspecified atom stereocenters. The molecule has 2 rings (SSSR count). The van der Waals surface area contributed by atoms with Crippen molar-refractivity contribution in [2.75, 3.05) is 11.9 Å². The molecule has 1 aliphatic heterocycles.